The van der Waals surface area contributed by atoms with Crippen molar-refractivity contribution in [1.29, 1.82) is 0 Å². The molecule has 1 aliphatic rings. The summed E-state index contributed by atoms with van der Waals surface area (Å²) in [5, 5.41) is 2.93. The first-order valence-corrected chi connectivity index (χ1v) is 7.42. The second kappa shape index (κ2) is 8.48. The molecule has 1 heterocycles. The second-order valence-corrected chi connectivity index (χ2v) is 5.42. The van der Waals surface area contributed by atoms with E-state index in [0.29, 0.717) is 6.04 Å². The zero-order chi connectivity index (χ0) is 13.4. The first kappa shape index (κ1) is 15.4. The number of rotatable bonds is 7. The van der Waals surface area contributed by atoms with Gasteiger partial charge in [-0.1, -0.05) is 19.8 Å². The summed E-state index contributed by atoms with van der Waals surface area (Å²) < 4.78 is 0. The molecule has 2 atom stereocenters. The maximum absolute atomic E-state index is 11.6. The van der Waals surface area contributed by atoms with E-state index in [2.05, 4.69) is 17.1 Å². The minimum absolute atomic E-state index is 0.00328. The molecule has 0 aliphatic carbocycles. The number of hydrogen-bond acceptors (Lipinski definition) is 3. The van der Waals surface area contributed by atoms with Gasteiger partial charge in [-0.25, -0.2) is 0 Å². The van der Waals surface area contributed by atoms with Crippen LogP contribution in [0.4, 0.5) is 0 Å². The van der Waals surface area contributed by atoms with Gasteiger partial charge in [0.15, 0.2) is 0 Å². The standard InChI is InChI=1S/C14H29N3O/c1-3-7-13(15)14(18)16-9-6-11-17-10-5-4-8-12(17)2/h12-13H,3-11,15H2,1-2H3,(H,16,18)/t12?,13-/m0/s1. The zero-order valence-corrected chi connectivity index (χ0v) is 12.0. The van der Waals surface area contributed by atoms with Crippen molar-refractivity contribution in [1.82, 2.24) is 10.2 Å². The third kappa shape index (κ3) is 5.36. The Kier molecular flexibility index (Phi) is 7.28. The topological polar surface area (TPSA) is 58.4 Å². The van der Waals surface area contributed by atoms with E-state index in [9.17, 15) is 4.79 Å². The van der Waals surface area contributed by atoms with Crippen molar-refractivity contribution >= 4 is 5.91 Å². The van der Waals surface area contributed by atoms with E-state index in [0.717, 1.165) is 32.4 Å². The van der Waals surface area contributed by atoms with Crippen LogP contribution in [0, 0.1) is 0 Å². The molecule has 3 N–H and O–H groups in total. The Morgan fingerprint density at radius 1 is 1.50 bits per heavy atom. The monoisotopic (exact) mass is 255 g/mol. The molecule has 0 radical (unpaired) electrons. The van der Waals surface area contributed by atoms with E-state index in [1.807, 2.05) is 6.92 Å². The molecule has 0 aromatic rings. The number of piperidine rings is 1. The molecule has 0 spiro atoms. The number of likely N-dealkylation sites (tertiary alicyclic amines) is 1. The van der Waals surface area contributed by atoms with Crippen LogP contribution in [0.3, 0.4) is 0 Å². The highest BCUT2D eigenvalue weighted by Gasteiger charge is 2.17. The molecule has 1 saturated heterocycles. The van der Waals surface area contributed by atoms with Gasteiger partial charge in [-0.2, -0.15) is 0 Å². The van der Waals surface area contributed by atoms with Crippen LogP contribution in [0.2, 0.25) is 0 Å². The van der Waals surface area contributed by atoms with Gasteiger partial charge >= 0.3 is 0 Å². The molecule has 0 aromatic carbocycles. The summed E-state index contributed by atoms with van der Waals surface area (Å²) in [6.45, 7) is 7.40. The fourth-order valence-electron chi connectivity index (χ4n) is 2.56. The summed E-state index contributed by atoms with van der Waals surface area (Å²) in [6, 6.07) is 0.376. The van der Waals surface area contributed by atoms with Crippen molar-refractivity contribution in [3.05, 3.63) is 0 Å². The lowest BCUT2D eigenvalue weighted by Gasteiger charge is -2.33. The Balaban J connectivity index is 2.08. The van der Waals surface area contributed by atoms with Gasteiger partial charge in [0.05, 0.1) is 6.04 Å². The Morgan fingerprint density at radius 2 is 2.28 bits per heavy atom. The number of carbonyl (C=O) groups is 1. The number of hydrogen-bond donors (Lipinski definition) is 2. The number of nitrogens with zero attached hydrogens (tertiary/aromatic N) is 1. The number of nitrogens with two attached hydrogens (primary N) is 1. The molecule has 18 heavy (non-hydrogen) atoms. The van der Waals surface area contributed by atoms with Crippen LogP contribution in [0.1, 0.15) is 52.4 Å². The fraction of sp³-hybridized carbons (Fsp3) is 0.929. The number of nitrogens with one attached hydrogen (secondary N) is 1. The van der Waals surface area contributed by atoms with Crippen molar-refractivity contribution in [3.8, 4) is 0 Å². The van der Waals surface area contributed by atoms with E-state index < -0.39 is 0 Å². The third-order valence-electron chi connectivity index (χ3n) is 3.80. The summed E-state index contributed by atoms with van der Waals surface area (Å²) in [5.74, 6) is 0.00328. The van der Waals surface area contributed by atoms with Gasteiger partial charge < -0.3 is 16.0 Å². The van der Waals surface area contributed by atoms with E-state index in [1.165, 1.54) is 25.8 Å². The highest BCUT2D eigenvalue weighted by Crippen LogP contribution is 2.15. The fourth-order valence-corrected chi connectivity index (χ4v) is 2.56. The van der Waals surface area contributed by atoms with Gasteiger partial charge in [0.25, 0.3) is 0 Å². The van der Waals surface area contributed by atoms with E-state index in [1.54, 1.807) is 0 Å². The average molecular weight is 255 g/mol. The Morgan fingerprint density at radius 3 is 2.94 bits per heavy atom. The predicted molar refractivity (Wildman–Crippen MR) is 75.4 cm³/mol. The molecular weight excluding hydrogens is 226 g/mol. The minimum Gasteiger partial charge on any atom is -0.355 e. The lowest BCUT2D eigenvalue weighted by molar-refractivity contribution is -0.122. The SMILES string of the molecule is CCC[C@H](N)C(=O)NCCCN1CCCCC1C. The van der Waals surface area contributed by atoms with Gasteiger partial charge in [-0.3, -0.25) is 4.79 Å². The van der Waals surface area contributed by atoms with Crippen LogP contribution in [-0.4, -0.2) is 42.5 Å². The number of carbonyl (C=O) groups excluding carboxylic acids is 1. The quantitative estimate of drug-likeness (QED) is 0.678. The van der Waals surface area contributed by atoms with E-state index in [-0.39, 0.29) is 11.9 Å². The van der Waals surface area contributed by atoms with E-state index in [4.69, 9.17) is 5.73 Å². The largest absolute Gasteiger partial charge is 0.355 e. The Hall–Kier alpha value is -0.610. The summed E-state index contributed by atoms with van der Waals surface area (Å²) in [7, 11) is 0. The number of amides is 1. The minimum atomic E-state index is -0.330. The molecule has 4 nitrogen and oxygen atoms in total. The first-order chi connectivity index (χ1) is 8.65. The molecule has 1 fully saturated rings. The van der Waals surface area contributed by atoms with Crippen LogP contribution < -0.4 is 11.1 Å². The Bertz CT molecular complexity index is 245. The van der Waals surface area contributed by atoms with Gasteiger partial charge in [-0.15, -0.1) is 0 Å². The van der Waals surface area contributed by atoms with Gasteiger partial charge in [0, 0.05) is 19.1 Å². The predicted octanol–water partition coefficient (Wildman–Crippen LogP) is 1.49. The van der Waals surface area contributed by atoms with Crippen LogP contribution in [0.5, 0.6) is 0 Å². The maximum atomic E-state index is 11.6. The van der Waals surface area contributed by atoms with Crippen LogP contribution in [-0.2, 0) is 4.79 Å². The molecule has 4 heteroatoms. The van der Waals surface area contributed by atoms with Crippen molar-refractivity contribution in [2.45, 2.75) is 64.5 Å². The third-order valence-corrected chi connectivity index (χ3v) is 3.80. The van der Waals surface area contributed by atoms with E-state index >= 15 is 0 Å². The van der Waals surface area contributed by atoms with Crippen molar-refractivity contribution in [2.75, 3.05) is 19.6 Å². The lowest BCUT2D eigenvalue weighted by Crippen LogP contribution is -2.42. The van der Waals surface area contributed by atoms with Gasteiger partial charge in [0.1, 0.15) is 0 Å². The summed E-state index contributed by atoms with van der Waals surface area (Å²) in [6.07, 6.45) is 6.75. The molecule has 1 aliphatic heterocycles. The van der Waals surface area contributed by atoms with Crippen LogP contribution >= 0.6 is 0 Å². The summed E-state index contributed by atoms with van der Waals surface area (Å²) in [5.41, 5.74) is 5.75. The average Bonchev–Trinajstić information content (AvgIpc) is 2.36. The van der Waals surface area contributed by atoms with Crippen LogP contribution in [0.15, 0.2) is 0 Å². The van der Waals surface area contributed by atoms with Crippen molar-refractivity contribution in [3.63, 3.8) is 0 Å². The highest BCUT2D eigenvalue weighted by atomic mass is 16.2. The molecule has 1 rings (SSSR count). The summed E-state index contributed by atoms with van der Waals surface area (Å²) in [4.78, 5) is 14.1. The highest BCUT2D eigenvalue weighted by molar-refractivity contribution is 5.81. The zero-order valence-electron chi connectivity index (χ0n) is 12.0. The maximum Gasteiger partial charge on any atom is 0.236 e. The molecule has 1 unspecified atom stereocenters. The Labute approximate surface area is 111 Å². The molecular formula is C14H29N3O. The molecule has 0 bridgehead atoms. The lowest BCUT2D eigenvalue weighted by atomic mass is 10.0. The smallest absolute Gasteiger partial charge is 0.236 e. The van der Waals surface area contributed by atoms with Gasteiger partial charge in [-0.05, 0) is 39.2 Å². The molecule has 0 aromatic heterocycles. The molecule has 0 saturated carbocycles. The van der Waals surface area contributed by atoms with Crippen LogP contribution in [0.25, 0.3) is 0 Å². The normalized spacial score (nSPS) is 22.7. The van der Waals surface area contributed by atoms with Gasteiger partial charge in [0.2, 0.25) is 5.91 Å². The first-order valence-electron chi connectivity index (χ1n) is 7.42. The van der Waals surface area contributed by atoms with Crippen molar-refractivity contribution in [2.24, 2.45) is 5.73 Å². The summed E-state index contributed by atoms with van der Waals surface area (Å²) >= 11 is 0. The van der Waals surface area contributed by atoms with Crippen molar-refractivity contribution < 1.29 is 4.79 Å². The second-order valence-electron chi connectivity index (χ2n) is 5.42. The molecule has 1 amide bonds. The molecule has 106 valence electrons.